The molecule has 0 amide bonds. The van der Waals surface area contributed by atoms with Crippen LogP contribution in [0.25, 0.3) is 0 Å². The average molecular weight is 353 g/mol. The molecule has 0 aromatic rings. The minimum atomic E-state index is -0.881. The lowest BCUT2D eigenvalue weighted by Crippen LogP contribution is -2.17. The smallest absolute Gasteiger partial charge is 0.100 e. The van der Waals surface area contributed by atoms with Crippen molar-refractivity contribution in [3.05, 3.63) is 0 Å². The van der Waals surface area contributed by atoms with Crippen LogP contribution in [0.2, 0.25) is 0 Å². The molecule has 0 aromatic heterocycles. The van der Waals surface area contributed by atoms with Crippen LogP contribution in [0.1, 0.15) is 13.8 Å². The van der Waals surface area contributed by atoms with Crippen molar-refractivity contribution >= 4 is 38.3 Å². The molecule has 0 saturated carbocycles. The maximum atomic E-state index is 3.73. The van der Waals surface area contributed by atoms with E-state index in [-0.39, 0.29) is 31.4 Å². The second kappa shape index (κ2) is 7.82. The lowest BCUT2D eigenvalue weighted by Gasteiger charge is -2.38. The SMILES string of the molecule is CC(C)C1P(C)CP(C)CP(C)C#CP(C)[P+]1(C)C. The van der Waals surface area contributed by atoms with Gasteiger partial charge in [-0.3, -0.25) is 0 Å². The lowest BCUT2D eigenvalue weighted by molar-refractivity contribution is 0.708. The fraction of sp³-hybridized carbons (Fsp3) is 0.857. The summed E-state index contributed by atoms with van der Waals surface area (Å²) in [6, 6.07) is 0. The summed E-state index contributed by atoms with van der Waals surface area (Å²) in [6.07, 6.45) is 0. The highest BCUT2D eigenvalue weighted by atomic mass is 32.1. The van der Waals surface area contributed by atoms with Gasteiger partial charge in [0.15, 0.2) is 0 Å². The zero-order valence-electron chi connectivity index (χ0n) is 13.8. The molecule has 110 valence electrons. The van der Waals surface area contributed by atoms with E-state index in [2.05, 4.69) is 65.2 Å². The Kier molecular flexibility index (Phi) is 7.72. The first-order valence-corrected chi connectivity index (χ1v) is 18.3. The largest absolute Gasteiger partial charge is 0.130 e. The van der Waals surface area contributed by atoms with Crippen LogP contribution in [0.4, 0.5) is 0 Å². The van der Waals surface area contributed by atoms with E-state index < -0.39 is 6.95 Å². The van der Waals surface area contributed by atoms with Gasteiger partial charge in [-0.1, -0.05) is 27.4 Å². The molecule has 0 aliphatic carbocycles. The second-order valence-corrected chi connectivity index (χ2v) is 24.2. The summed E-state index contributed by atoms with van der Waals surface area (Å²) in [4.78, 5) is 0. The molecule has 0 aromatic carbocycles. The Morgan fingerprint density at radius 3 is 2.11 bits per heavy atom. The van der Waals surface area contributed by atoms with E-state index in [4.69, 9.17) is 0 Å². The molecule has 5 heteroatoms. The molecule has 0 nitrogen and oxygen atoms in total. The van der Waals surface area contributed by atoms with Gasteiger partial charge in [0.2, 0.25) is 0 Å². The lowest BCUT2D eigenvalue weighted by atomic mass is 10.3. The molecule has 0 fully saturated rings. The zero-order valence-corrected chi connectivity index (χ0v) is 18.3. The third-order valence-electron chi connectivity index (χ3n) is 3.79. The summed E-state index contributed by atoms with van der Waals surface area (Å²) in [6.45, 7) is 19.2. The molecule has 0 spiro atoms. The van der Waals surface area contributed by atoms with Crippen LogP contribution in [0.3, 0.4) is 0 Å². The van der Waals surface area contributed by atoms with Crippen molar-refractivity contribution in [2.75, 3.05) is 51.8 Å². The van der Waals surface area contributed by atoms with Gasteiger partial charge in [-0.05, 0) is 51.3 Å². The molecule has 5 unspecified atom stereocenters. The molecule has 0 radical (unpaired) electrons. The Hall–Kier alpha value is 1.71. The molecule has 1 rings (SSSR count). The predicted octanol–water partition coefficient (Wildman–Crippen LogP) is 6.45. The van der Waals surface area contributed by atoms with Crippen molar-refractivity contribution < 1.29 is 0 Å². The van der Waals surface area contributed by atoms with Gasteiger partial charge in [0.05, 0.1) is 18.7 Å². The molecule has 19 heavy (non-hydrogen) atoms. The van der Waals surface area contributed by atoms with Gasteiger partial charge in [-0.15, -0.1) is 7.92 Å². The first kappa shape index (κ1) is 18.8. The first-order chi connectivity index (χ1) is 8.66. The van der Waals surface area contributed by atoms with E-state index in [9.17, 15) is 0 Å². The summed E-state index contributed by atoms with van der Waals surface area (Å²) >= 11 is 0. The summed E-state index contributed by atoms with van der Waals surface area (Å²) in [5, 5.41) is 0.985. The van der Waals surface area contributed by atoms with Crippen molar-refractivity contribution in [2.24, 2.45) is 5.92 Å². The van der Waals surface area contributed by atoms with Crippen LogP contribution < -0.4 is 0 Å². The van der Waals surface area contributed by atoms with E-state index in [0.717, 1.165) is 11.3 Å². The molecule has 0 saturated heterocycles. The summed E-state index contributed by atoms with van der Waals surface area (Å²) in [7, 11) is 0.362. The highest BCUT2D eigenvalue weighted by Crippen LogP contribution is 2.86. The maximum Gasteiger partial charge on any atom is 0.130 e. The van der Waals surface area contributed by atoms with Crippen molar-refractivity contribution in [1.29, 1.82) is 0 Å². The second-order valence-electron chi connectivity index (χ2n) is 6.48. The van der Waals surface area contributed by atoms with E-state index in [1.807, 2.05) is 0 Å². The minimum absolute atomic E-state index is 0.00818. The average Bonchev–Trinajstić information content (AvgIpc) is 2.22. The molecule has 1 heterocycles. The highest BCUT2D eigenvalue weighted by Gasteiger charge is 2.46. The van der Waals surface area contributed by atoms with E-state index >= 15 is 0 Å². The highest BCUT2D eigenvalue weighted by molar-refractivity contribution is 8.41. The monoisotopic (exact) mass is 353 g/mol. The van der Waals surface area contributed by atoms with Crippen LogP contribution in [0, 0.1) is 17.2 Å². The molecule has 0 N–H and O–H groups in total. The minimum Gasteiger partial charge on any atom is -0.100 e. The van der Waals surface area contributed by atoms with Gasteiger partial charge in [0.1, 0.15) is 7.61 Å². The number of rotatable bonds is 1. The number of hydrogen-bond acceptors (Lipinski definition) is 0. The van der Waals surface area contributed by atoms with Gasteiger partial charge < -0.3 is 0 Å². The quantitative estimate of drug-likeness (QED) is 0.375. The Labute approximate surface area is 126 Å². The van der Waals surface area contributed by atoms with Gasteiger partial charge in [-0.25, -0.2) is 0 Å². The van der Waals surface area contributed by atoms with Crippen LogP contribution >= 0.6 is 38.3 Å². The summed E-state index contributed by atoms with van der Waals surface area (Å²) in [5.41, 5.74) is 7.39. The Balaban J connectivity index is 3.15. The van der Waals surface area contributed by atoms with E-state index in [0.29, 0.717) is 0 Å². The summed E-state index contributed by atoms with van der Waals surface area (Å²) in [5.74, 6) is 3.81. The number of hydrogen-bond donors (Lipinski definition) is 0. The Morgan fingerprint density at radius 2 is 1.58 bits per heavy atom. The fourth-order valence-corrected chi connectivity index (χ4v) is 26.0. The normalized spacial score (nSPS) is 39.5. The molecular weight excluding hydrogens is 323 g/mol. The molecule has 0 bridgehead atoms. The molecule has 1 aliphatic heterocycles. The zero-order chi connectivity index (χ0) is 14.8. The molecule has 1 aliphatic rings. The van der Waals surface area contributed by atoms with Crippen LogP contribution in [0.15, 0.2) is 0 Å². The third kappa shape index (κ3) is 5.13. The van der Waals surface area contributed by atoms with Crippen LogP contribution in [-0.2, 0) is 0 Å². The molecule has 5 atom stereocenters. The fourth-order valence-electron chi connectivity index (χ4n) is 3.09. The first-order valence-electron chi connectivity index (χ1n) is 6.85. The standard InChI is InChI=1S/C14H30P5/c1-13(2)14-17(5)12-16(4)11-15(3)9-10-18(6)19(14,7)8/h13-14H,11-12H2,1-8H3/q+1. The predicted molar refractivity (Wildman–Crippen MR) is 106 cm³/mol. The van der Waals surface area contributed by atoms with Gasteiger partial charge in [-0.2, -0.15) is 0 Å². The summed E-state index contributed by atoms with van der Waals surface area (Å²) < 4.78 is 0. The van der Waals surface area contributed by atoms with Crippen molar-refractivity contribution in [3.63, 3.8) is 0 Å². The van der Waals surface area contributed by atoms with Crippen molar-refractivity contribution in [1.82, 2.24) is 0 Å². The van der Waals surface area contributed by atoms with Crippen molar-refractivity contribution in [2.45, 2.75) is 19.2 Å². The Morgan fingerprint density at radius 1 is 1.00 bits per heavy atom. The van der Waals surface area contributed by atoms with Gasteiger partial charge >= 0.3 is 0 Å². The van der Waals surface area contributed by atoms with Crippen molar-refractivity contribution in [3.8, 4) is 11.3 Å². The topological polar surface area (TPSA) is 0 Å². The van der Waals surface area contributed by atoms with Crippen LogP contribution in [-0.4, -0.2) is 57.2 Å². The van der Waals surface area contributed by atoms with Gasteiger partial charge in [0.25, 0.3) is 0 Å². The van der Waals surface area contributed by atoms with E-state index in [1.54, 1.807) is 0 Å². The van der Waals surface area contributed by atoms with E-state index in [1.165, 1.54) is 11.8 Å². The third-order valence-corrected chi connectivity index (χ3v) is 26.3. The van der Waals surface area contributed by atoms with Crippen LogP contribution in [0.5, 0.6) is 0 Å². The van der Waals surface area contributed by atoms with Gasteiger partial charge in [0, 0.05) is 13.6 Å². The Bertz CT molecular complexity index is 355. The maximum absolute atomic E-state index is 3.73. The molecular formula is C14H30P5+.